The van der Waals surface area contributed by atoms with Crippen LogP contribution in [-0.4, -0.2) is 9.97 Å². The van der Waals surface area contributed by atoms with E-state index in [2.05, 4.69) is 53.6 Å². The summed E-state index contributed by atoms with van der Waals surface area (Å²) < 4.78 is 0.563. The van der Waals surface area contributed by atoms with Gasteiger partial charge in [-0.25, -0.2) is 4.98 Å². The molecule has 1 aliphatic rings. The molecule has 1 N–H and O–H groups in total. The van der Waals surface area contributed by atoms with E-state index >= 15 is 0 Å². The minimum atomic E-state index is -0.118. The van der Waals surface area contributed by atoms with Crippen LogP contribution in [0.5, 0.6) is 0 Å². The van der Waals surface area contributed by atoms with Crippen molar-refractivity contribution in [2.24, 2.45) is 0 Å². The third-order valence-corrected chi connectivity index (χ3v) is 3.88. The van der Waals surface area contributed by atoms with Crippen LogP contribution in [0.15, 0.2) is 9.27 Å². The first-order valence-electron chi connectivity index (χ1n) is 5.55. The average molecular weight is 285 g/mol. The molecule has 1 saturated carbocycles. The highest BCUT2D eigenvalue weighted by Gasteiger charge is 2.42. The maximum absolute atomic E-state index is 11.8. The molecule has 2 rings (SSSR count). The van der Waals surface area contributed by atoms with Gasteiger partial charge in [0.05, 0.1) is 5.69 Å². The summed E-state index contributed by atoms with van der Waals surface area (Å²) in [6.07, 6.45) is 2.22. The molecular weight excluding hydrogens is 268 g/mol. The van der Waals surface area contributed by atoms with Gasteiger partial charge >= 0.3 is 0 Å². The Hall–Kier alpha value is -0.640. The Kier molecular flexibility index (Phi) is 2.53. The quantitative estimate of drug-likeness (QED) is 0.862. The van der Waals surface area contributed by atoms with Gasteiger partial charge in [0, 0.05) is 10.8 Å². The first-order chi connectivity index (χ1) is 7.24. The van der Waals surface area contributed by atoms with Crippen molar-refractivity contribution in [2.45, 2.75) is 51.4 Å². The van der Waals surface area contributed by atoms with Gasteiger partial charge in [-0.2, -0.15) is 0 Å². The van der Waals surface area contributed by atoms with Crippen molar-refractivity contribution >= 4 is 15.9 Å². The van der Waals surface area contributed by atoms with Gasteiger partial charge in [0.1, 0.15) is 10.3 Å². The lowest BCUT2D eigenvalue weighted by Gasteiger charge is -2.21. The summed E-state index contributed by atoms with van der Waals surface area (Å²) in [4.78, 5) is 19.4. The molecule has 1 heterocycles. The molecule has 0 radical (unpaired) electrons. The molecule has 1 aromatic rings. The predicted octanol–water partition coefficient (Wildman–Crippen LogP) is 2.88. The summed E-state index contributed by atoms with van der Waals surface area (Å²) in [6, 6.07) is 0. The smallest absolute Gasteiger partial charge is 0.265 e. The Bertz CT molecular complexity index is 481. The highest BCUT2D eigenvalue weighted by atomic mass is 79.9. The first kappa shape index (κ1) is 11.8. The maximum Gasteiger partial charge on any atom is 0.265 e. The summed E-state index contributed by atoms with van der Waals surface area (Å²) in [5, 5.41) is 0. The zero-order valence-corrected chi connectivity index (χ0v) is 11.7. The van der Waals surface area contributed by atoms with Crippen molar-refractivity contribution in [3.05, 3.63) is 26.3 Å². The largest absolute Gasteiger partial charge is 0.309 e. The SMILES string of the molecule is CC(C)(C)c1nc(C2(C)CC2)[nH]c(=O)c1Br. The lowest BCUT2D eigenvalue weighted by Crippen LogP contribution is -2.25. The molecule has 0 atom stereocenters. The summed E-state index contributed by atoms with van der Waals surface area (Å²) in [7, 11) is 0. The first-order valence-corrected chi connectivity index (χ1v) is 6.34. The van der Waals surface area contributed by atoms with Crippen LogP contribution in [0.4, 0.5) is 0 Å². The number of nitrogens with zero attached hydrogens (tertiary/aromatic N) is 1. The minimum absolute atomic E-state index is 0.0666. The van der Waals surface area contributed by atoms with E-state index in [1.54, 1.807) is 0 Å². The number of hydrogen-bond donors (Lipinski definition) is 1. The second kappa shape index (κ2) is 3.42. The zero-order chi connectivity index (χ0) is 12.1. The molecule has 0 aliphatic heterocycles. The Morgan fingerprint density at radius 3 is 2.38 bits per heavy atom. The fourth-order valence-corrected chi connectivity index (χ4v) is 2.45. The van der Waals surface area contributed by atoms with Crippen LogP contribution in [-0.2, 0) is 10.8 Å². The Morgan fingerprint density at radius 2 is 1.94 bits per heavy atom. The van der Waals surface area contributed by atoms with Gasteiger partial charge in [-0.05, 0) is 28.8 Å². The van der Waals surface area contributed by atoms with Gasteiger partial charge < -0.3 is 4.98 Å². The van der Waals surface area contributed by atoms with E-state index in [4.69, 9.17) is 0 Å². The molecule has 88 valence electrons. The van der Waals surface area contributed by atoms with Crippen molar-refractivity contribution in [3.8, 4) is 0 Å². The molecule has 0 unspecified atom stereocenters. The van der Waals surface area contributed by atoms with E-state index in [0.29, 0.717) is 4.47 Å². The Labute approximate surface area is 104 Å². The molecule has 0 spiro atoms. The molecular formula is C12H17BrN2O. The van der Waals surface area contributed by atoms with Crippen LogP contribution in [0.1, 0.15) is 52.1 Å². The van der Waals surface area contributed by atoms with Crippen molar-refractivity contribution < 1.29 is 0 Å². The minimum Gasteiger partial charge on any atom is -0.309 e. The Balaban J connectivity index is 2.61. The predicted molar refractivity (Wildman–Crippen MR) is 67.8 cm³/mol. The number of H-pyrrole nitrogens is 1. The highest BCUT2D eigenvalue weighted by molar-refractivity contribution is 9.10. The van der Waals surface area contributed by atoms with E-state index in [1.165, 1.54) is 0 Å². The van der Waals surface area contributed by atoms with Crippen LogP contribution in [0.3, 0.4) is 0 Å². The van der Waals surface area contributed by atoms with Crippen LogP contribution in [0, 0.1) is 0 Å². The van der Waals surface area contributed by atoms with Crippen LogP contribution < -0.4 is 5.56 Å². The van der Waals surface area contributed by atoms with E-state index in [0.717, 1.165) is 24.4 Å². The second-order valence-corrected chi connectivity index (χ2v) is 6.68. The fraction of sp³-hybridized carbons (Fsp3) is 0.667. The number of halogens is 1. The van der Waals surface area contributed by atoms with E-state index in [1.807, 2.05) is 0 Å². The van der Waals surface area contributed by atoms with Crippen molar-refractivity contribution in [3.63, 3.8) is 0 Å². The van der Waals surface area contributed by atoms with E-state index in [-0.39, 0.29) is 16.4 Å². The van der Waals surface area contributed by atoms with Crippen molar-refractivity contribution in [1.29, 1.82) is 0 Å². The number of rotatable bonds is 1. The molecule has 0 bridgehead atoms. The molecule has 3 nitrogen and oxygen atoms in total. The standard InChI is InChI=1S/C12H17BrN2O/c1-11(2,3)8-7(13)9(16)15-10(14-8)12(4)5-6-12/h5-6H2,1-4H3,(H,14,15,16). The van der Waals surface area contributed by atoms with Crippen LogP contribution >= 0.6 is 15.9 Å². The summed E-state index contributed by atoms with van der Waals surface area (Å²) in [5.41, 5.74) is 0.759. The average Bonchev–Trinajstić information content (AvgIpc) is 2.87. The lowest BCUT2D eigenvalue weighted by atomic mass is 9.91. The molecule has 1 aliphatic carbocycles. The summed E-state index contributed by atoms with van der Waals surface area (Å²) in [6.45, 7) is 8.35. The summed E-state index contributed by atoms with van der Waals surface area (Å²) in [5.74, 6) is 0.839. The van der Waals surface area contributed by atoms with Crippen molar-refractivity contribution in [1.82, 2.24) is 9.97 Å². The summed E-state index contributed by atoms with van der Waals surface area (Å²) >= 11 is 3.33. The Morgan fingerprint density at radius 1 is 1.38 bits per heavy atom. The van der Waals surface area contributed by atoms with Crippen LogP contribution in [0.2, 0.25) is 0 Å². The topological polar surface area (TPSA) is 45.8 Å². The molecule has 16 heavy (non-hydrogen) atoms. The van der Waals surface area contributed by atoms with Gasteiger partial charge in [-0.15, -0.1) is 0 Å². The van der Waals surface area contributed by atoms with E-state index < -0.39 is 0 Å². The van der Waals surface area contributed by atoms with Crippen molar-refractivity contribution in [2.75, 3.05) is 0 Å². The fourth-order valence-electron chi connectivity index (χ4n) is 1.67. The van der Waals surface area contributed by atoms with Gasteiger partial charge in [0.2, 0.25) is 0 Å². The molecule has 0 aromatic carbocycles. The highest BCUT2D eigenvalue weighted by Crippen LogP contribution is 2.46. The molecule has 1 aromatic heterocycles. The van der Waals surface area contributed by atoms with Gasteiger partial charge in [0.15, 0.2) is 0 Å². The zero-order valence-electron chi connectivity index (χ0n) is 10.1. The maximum atomic E-state index is 11.8. The van der Waals surface area contributed by atoms with Gasteiger partial charge in [-0.3, -0.25) is 4.79 Å². The van der Waals surface area contributed by atoms with Gasteiger partial charge in [-0.1, -0.05) is 27.7 Å². The number of hydrogen-bond acceptors (Lipinski definition) is 2. The second-order valence-electron chi connectivity index (χ2n) is 5.89. The van der Waals surface area contributed by atoms with E-state index in [9.17, 15) is 4.79 Å². The number of aromatic amines is 1. The monoisotopic (exact) mass is 284 g/mol. The molecule has 0 saturated heterocycles. The number of nitrogens with one attached hydrogen (secondary N) is 1. The normalized spacial score (nSPS) is 18.6. The lowest BCUT2D eigenvalue weighted by molar-refractivity contribution is 0.547. The third kappa shape index (κ3) is 1.95. The number of aromatic nitrogens is 2. The molecule has 1 fully saturated rings. The molecule has 0 amide bonds. The van der Waals surface area contributed by atoms with Gasteiger partial charge in [0.25, 0.3) is 5.56 Å². The molecule has 4 heteroatoms. The third-order valence-electron chi connectivity index (χ3n) is 3.14. The van der Waals surface area contributed by atoms with Crippen LogP contribution in [0.25, 0.3) is 0 Å².